The minimum Gasteiger partial charge on any atom is -0.323 e. The van der Waals surface area contributed by atoms with Crippen LogP contribution in [-0.2, 0) is 4.84 Å². The van der Waals surface area contributed by atoms with Crippen LogP contribution in [0.4, 0.5) is 0 Å². The third-order valence-electron chi connectivity index (χ3n) is 4.39. The van der Waals surface area contributed by atoms with E-state index in [-0.39, 0.29) is 16.0 Å². The van der Waals surface area contributed by atoms with Gasteiger partial charge in [0.2, 0.25) is 0 Å². The van der Waals surface area contributed by atoms with Gasteiger partial charge in [-0.3, -0.25) is 9.59 Å². The van der Waals surface area contributed by atoms with Crippen LogP contribution in [0.3, 0.4) is 0 Å². The number of carbonyl (C=O) groups excluding carboxylic acids is 3. The van der Waals surface area contributed by atoms with Crippen molar-refractivity contribution in [2.75, 3.05) is 0 Å². The second kappa shape index (κ2) is 6.44. The molecule has 6 nitrogen and oxygen atoms in total. The summed E-state index contributed by atoms with van der Waals surface area (Å²) < 4.78 is 0. The Kier molecular flexibility index (Phi) is 4.08. The Hall–Kier alpha value is -3.32. The Morgan fingerprint density at radius 1 is 1.00 bits per heavy atom. The summed E-state index contributed by atoms with van der Waals surface area (Å²) in [6.45, 7) is 4.02. The molecule has 2 aromatic carbocycles. The van der Waals surface area contributed by atoms with Crippen LogP contribution in [0.1, 0.15) is 41.5 Å². The Morgan fingerprint density at radius 3 is 2.30 bits per heavy atom. The normalized spacial score (nSPS) is 13.0. The van der Waals surface area contributed by atoms with Crippen LogP contribution in [0, 0.1) is 13.8 Å². The molecular formula is C20H14N2O4S. The number of hydrogen-bond donors (Lipinski definition) is 0. The first kappa shape index (κ1) is 17.1. The molecule has 1 aliphatic heterocycles. The summed E-state index contributed by atoms with van der Waals surface area (Å²) in [5.74, 6) is -2.09. The van der Waals surface area contributed by atoms with E-state index in [1.165, 1.54) is 23.9 Å². The molecule has 0 aliphatic carbocycles. The highest BCUT2D eigenvalue weighted by Crippen LogP contribution is 2.28. The lowest BCUT2D eigenvalue weighted by Crippen LogP contribution is -2.32. The number of aromatic nitrogens is 1. The Balaban J connectivity index is 1.55. The highest BCUT2D eigenvalue weighted by atomic mass is 32.1. The molecule has 0 radical (unpaired) electrons. The quantitative estimate of drug-likeness (QED) is 0.648. The molecule has 134 valence electrons. The van der Waals surface area contributed by atoms with E-state index in [9.17, 15) is 14.4 Å². The molecule has 0 bridgehead atoms. The summed E-state index contributed by atoms with van der Waals surface area (Å²) in [7, 11) is 0. The van der Waals surface area contributed by atoms with E-state index in [0.717, 1.165) is 22.5 Å². The fourth-order valence-electron chi connectivity index (χ4n) is 2.75. The predicted molar refractivity (Wildman–Crippen MR) is 99.4 cm³/mol. The van der Waals surface area contributed by atoms with Crippen molar-refractivity contribution in [1.82, 2.24) is 10.0 Å². The van der Waals surface area contributed by atoms with Crippen LogP contribution in [0.2, 0.25) is 0 Å². The van der Waals surface area contributed by atoms with Crippen molar-refractivity contribution in [3.05, 3.63) is 75.8 Å². The Bertz CT molecular complexity index is 1070. The molecule has 0 atom stereocenters. The number of hydroxylamine groups is 2. The van der Waals surface area contributed by atoms with Crippen molar-refractivity contribution in [3.8, 4) is 10.6 Å². The van der Waals surface area contributed by atoms with Gasteiger partial charge in [-0.2, -0.15) is 0 Å². The van der Waals surface area contributed by atoms with Gasteiger partial charge in [-0.05, 0) is 43.2 Å². The second-order valence-corrected chi connectivity index (χ2v) is 7.19. The summed E-state index contributed by atoms with van der Waals surface area (Å²) in [5, 5.41) is 1.16. The number of benzene rings is 2. The number of imide groups is 1. The fourth-order valence-corrected chi connectivity index (χ4v) is 3.54. The summed E-state index contributed by atoms with van der Waals surface area (Å²) in [6, 6.07) is 12.3. The number of carbonyl (C=O) groups is 3. The Morgan fingerprint density at radius 2 is 1.67 bits per heavy atom. The van der Waals surface area contributed by atoms with Crippen LogP contribution in [0.5, 0.6) is 0 Å². The number of amides is 2. The van der Waals surface area contributed by atoms with Crippen molar-refractivity contribution in [2.45, 2.75) is 13.8 Å². The van der Waals surface area contributed by atoms with E-state index >= 15 is 0 Å². The standard InChI is InChI=1S/C20H14N2O4S/c1-11-7-8-13(9-12(11)2)17-21-10-16(27-17)20(25)26-22-18(23)14-5-3-4-6-15(14)19(22)24/h3-10H,1-2H3. The van der Waals surface area contributed by atoms with Gasteiger partial charge < -0.3 is 4.84 Å². The number of aryl methyl sites for hydroxylation is 2. The van der Waals surface area contributed by atoms with E-state index in [1.807, 2.05) is 32.0 Å². The van der Waals surface area contributed by atoms with Gasteiger partial charge >= 0.3 is 5.97 Å². The summed E-state index contributed by atoms with van der Waals surface area (Å²) >= 11 is 1.14. The number of thiazole rings is 1. The van der Waals surface area contributed by atoms with Gasteiger partial charge in [0, 0.05) is 5.56 Å². The number of hydrogen-bond acceptors (Lipinski definition) is 6. The number of fused-ring (bicyclic) bond motifs is 1. The van der Waals surface area contributed by atoms with E-state index < -0.39 is 17.8 Å². The van der Waals surface area contributed by atoms with E-state index in [1.54, 1.807) is 12.1 Å². The van der Waals surface area contributed by atoms with Crippen LogP contribution >= 0.6 is 11.3 Å². The molecule has 3 aromatic rings. The molecule has 0 saturated heterocycles. The number of rotatable bonds is 3. The molecule has 4 rings (SSSR count). The fraction of sp³-hybridized carbons (Fsp3) is 0.100. The van der Waals surface area contributed by atoms with Gasteiger partial charge in [0.15, 0.2) is 0 Å². The van der Waals surface area contributed by atoms with Crippen molar-refractivity contribution in [3.63, 3.8) is 0 Å². The maximum Gasteiger partial charge on any atom is 0.375 e. The molecule has 2 amide bonds. The first-order valence-electron chi connectivity index (χ1n) is 8.19. The lowest BCUT2D eigenvalue weighted by Gasteiger charge is -2.11. The van der Waals surface area contributed by atoms with Gasteiger partial charge in [0.05, 0.1) is 17.3 Å². The molecule has 0 saturated carbocycles. The molecule has 0 N–H and O–H groups in total. The lowest BCUT2D eigenvalue weighted by molar-refractivity contribution is -0.0581. The minimum absolute atomic E-state index is 0.208. The number of nitrogens with zero attached hydrogens (tertiary/aromatic N) is 2. The molecular weight excluding hydrogens is 364 g/mol. The van der Waals surface area contributed by atoms with Gasteiger partial charge in [-0.15, -0.1) is 11.3 Å². The smallest absolute Gasteiger partial charge is 0.323 e. The van der Waals surface area contributed by atoms with Crippen LogP contribution < -0.4 is 0 Å². The first-order chi connectivity index (χ1) is 13.0. The molecule has 1 aromatic heterocycles. The average Bonchev–Trinajstić information content (AvgIpc) is 3.25. The SMILES string of the molecule is Cc1ccc(-c2ncc(C(=O)ON3C(=O)c4ccccc4C3=O)s2)cc1C. The Labute approximate surface area is 159 Å². The van der Waals surface area contributed by atoms with Crippen LogP contribution in [0.15, 0.2) is 48.7 Å². The maximum atomic E-state index is 12.4. The van der Waals surface area contributed by atoms with Gasteiger partial charge in [0.1, 0.15) is 9.88 Å². The molecule has 0 spiro atoms. The van der Waals surface area contributed by atoms with E-state index in [0.29, 0.717) is 10.1 Å². The molecule has 27 heavy (non-hydrogen) atoms. The summed E-state index contributed by atoms with van der Waals surface area (Å²) in [4.78, 5) is 46.5. The van der Waals surface area contributed by atoms with Crippen molar-refractivity contribution < 1.29 is 19.2 Å². The first-order valence-corrected chi connectivity index (χ1v) is 9.01. The summed E-state index contributed by atoms with van der Waals surface area (Å²) in [5.41, 5.74) is 3.62. The zero-order valence-electron chi connectivity index (χ0n) is 14.6. The molecule has 0 fully saturated rings. The van der Waals surface area contributed by atoms with Gasteiger partial charge in [0.25, 0.3) is 11.8 Å². The lowest BCUT2D eigenvalue weighted by atomic mass is 10.1. The van der Waals surface area contributed by atoms with Crippen molar-refractivity contribution in [1.29, 1.82) is 0 Å². The van der Waals surface area contributed by atoms with Crippen molar-refractivity contribution in [2.24, 2.45) is 0 Å². The third kappa shape index (κ3) is 2.92. The molecule has 7 heteroatoms. The topological polar surface area (TPSA) is 76.6 Å². The van der Waals surface area contributed by atoms with Crippen LogP contribution in [0.25, 0.3) is 10.6 Å². The molecule has 1 aliphatic rings. The maximum absolute atomic E-state index is 12.4. The minimum atomic E-state index is -0.794. The van der Waals surface area contributed by atoms with Crippen molar-refractivity contribution >= 4 is 29.1 Å². The summed E-state index contributed by atoms with van der Waals surface area (Å²) in [6.07, 6.45) is 1.38. The van der Waals surface area contributed by atoms with E-state index in [2.05, 4.69) is 4.98 Å². The zero-order valence-corrected chi connectivity index (χ0v) is 15.4. The van der Waals surface area contributed by atoms with Crippen LogP contribution in [-0.4, -0.2) is 27.8 Å². The average molecular weight is 378 g/mol. The second-order valence-electron chi connectivity index (χ2n) is 6.16. The largest absolute Gasteiger partial charge is 0.375 e. The molecule has 2 heterocycles. The monoisotopic (exact) mass is 378 g/mol. The highest BCUT2D eigenvalue weighted by Gasteiger charge is 2.39. The predicted octanol–water partition coefficient (Wildman–Crippen LogP) is 3.79. The third-order valence-corrected chi connectivity index (χ3v) is 5.42. The van der Waals surface area contributed by atoms with E-state index in [4.69, 9.17) is 4.84 Å². The highest BCUT2D eigenvalue weighted by molar-refractivity contribution is 7.16. The molecule has 0 unspecified atom stereocenters. The zero-order chi connectivity index (χ0) is 19.1. The van der Waals surface area contributed by atoms with Gasteiger partial charge in [-0.1, -0.05) is 29.3 Å². The van der Waals surface area contributed by atoms with Gasteiger partial charge in [-0.25, -0.2) is 9.78 Å².